The summed E-state index contributed by atoms with van der Waals surface area (Å²) in [5.41, 5.74) is 11.9. The molecular weight excluding hydrogens is 777 g/mol. The molecule has 12 rings (SSSR count). The highest BCUT2D eigenvalue weighted by Crippen LogP contribution is 2.39. The maximum Gasteiger partial charge on any atom is 0.181 e. The molecule has 0 amide bonds. The number of hydrogen-bond acceptors (Lipinski definition) is 0. The van der Waals surface area contributed by atoms with Crippen molar-refractivity contribution in [3.63, 3.8) is 0 Å². The van der Waals surface area contributed by atoms with Crippen molar-refractivity contribution in [1.29, 1.82) is 0 Å². The second kappa shape index (κ2) is 15.2. The molecule has 0 aliphatic rings. The van der Waals surface area contributed by atoms with E-state index in [0.29, 0.717) is 0 Å². The summed E-state index contributed by atoms with van der Waals surface area (Å²) in [6.07, 6.45) is 0. The normalized spacial score (nSPS) is 11.8. The van der Waals surface area contributed by atoms with Crippen molar-refractivity contribution in [3.8, 4) is 33.6 Å². The highest BCUT2D eigenvalue weighted by atomic mass is 28.3. The molecular formula is C60H42N2Si. The fraction of sp³-hybridized carbons (Fsp3) is 0. The number of nitrogens with zero attached hydrogens (tertiary/aromatic N) is 2. The zero-order valence-corrected chi connectivity index (χ0v) is 35.6. The molecule has 0 aliphatic carbocycles. The Morgan fingerprint density at radius 3 is 1.33 bits per heavy atom. The average molecular weight is 819 g/mol. The van der Waals surface area contributed by atoms with Crippen molar-refractivity contribution in [3.05, 3.63) is 255 Å². The van der Waals surface area contributed by atoms with E-state index >= 15 is 0 Å². The van der Waals surface area contributed by atoms with Crippen LogP contribution in [0.5, 0.6) is 0 Å². The molecule has 3 heteroatoms. The van der Waals surface area contributed by atoms with Gasteiger partial charge in [0.2, 0.25) is 0 Å². The molecule has 12 aromatic rings. The van der Waals surface area contributed by atoms with E-state index in [-0.39, 0.29) is 0 Å². The smallest absolute Gasteiger partial charge is 0.181 e. The Balaban J connectivity index is 1.16. The van der Waals surface area contributed by atoms with Crippen LogP contribution in [0.4, 0.5) is 0 Å². The summed E-state index contributed by atoms with van der Waals surface area (Å²) in [4.78, 5) is 0. The van der Waals surface area contributed by atoms with Gasteiger partial charge in [-0.25, -0.2) is 0 Å². The van der Waals surface area contributed by atoms with Gasteiger partial charge < -0.3 is 9.13 Å². The predicted octanol–water partition coefficient (Wildman–Crippen LogP) is 12.6. The van der Waals surface area contributed by atoms with Crippen LogP contribution in [0, 0.1) is 0 Å². The summed E-state index contributed by atoms with van der Waals surface area (Å²) in [5, 5.41) is 10.4. The van der Waals surface area contributed by atoms with Gasteiger partial charge in [-0.2, -0.15) is 0 Å². The number of hydrogen-bond donors (Lipinski definition) is 0. The number of fused-ring (bicyclic) bond motifs is 6. The molecule has 10 aromatic carbocycles. The molecule has 63 heavy (non-hydrogen) atoms. The Labute approximate surface area is 368 Å². The van der Waals surface area contributed by atoms with E-state index in [9.17, 15) is 0 Å². The molecule has 0 spiro atoms. The van der Waals surface area contributed by atoms with E-state index < -0.39 is 8.07 Å². The van der Waals surface area contributed by atoms with Crippen LogP contribution in [0.2, 0.25) is 0 Å². The highest BCUT2D eigenvalue weighted by Gasteiger charge is 2.43. The minimum Gasteiger partial charge on any atom is -0.309 e. The lowest BCUT2D eigenvalue weighted by atomic mass is 10.0. The maximum atomic E-state index is 2.56. The molecule has 0 atom stereocenters. The molecule has 0 N–H and O–H groups in total. The van der Waals surface area contributed by atoms with Gasteiger partial charge in [-0.05, 0) is 85.5 Å². The standard InChI is InChI=1S/C60H42N2Si/c1-6-19-43(20-7-1)45-33-36-47(37-34-45)61-57-40-38-48(42-55(57)53-39-35-46(41-58(53)61)44-21-8-2-9-22-44)62-56-31-17-16-29-52(56)54-30-18-32-59(60(54)62)63(49-23-10-3-11-24-49,50-25-12-4-13-26-50)51-27-14-5-15-28-51/h1-42H. The van der Waals surface area contributed by atoms with Gasteiger partial charge in [-0.1, -0.05) is 212 Å². The Kier molecular flexibility index (Phi) is 8.87. The first-order valence-electron chi connectivity index (χ1n) is 21.8. The lowest BCUT2D eigenvalue weighted by Crippen LogP contribution is -2.75. The lowest BCUT2D eigenvalue weighted by Gasteiger charge is -2.35. The van der Waals surface area contributed by atoms with Gasteiger partial charge in [0.15, 0.2) is 8.07 Å². The monoisotopic (exact) mass is 818 g/mol. The zero-order valence-electron chi connectivity index (χ0n) is 34.6. The Morgan fingerprint density at radius 2 is 0.714 bits per heavy atom. The number of para-hydroxylation sites is 2. The molecule has 0 bridgehead atoms. The fourth-order valence-electron chi connectivity index (χ4n) is 10.3. The highest BCUT2D eigenvalue weighted by molar-refractivity contribution is 7.20. The molecule has 0 saturated carbocycles. The first-order chi connectivity index (χ1) is 31.3. The molecule has 0 radical (unpaired) electrons. The first-order valence-corrected chi connectivity index (χ1v) is 23.8. The molecule has 0 aliphatic heterocycles. The zero-order chi connectivity index (χ0) is 41.7. The SMILES string of the molecule is c1ccc(-c2ccc(-n3c4ccc(-n5c6ccccc6c6cccc([Si](c7ccccc7)(c7ccccc7)c7ccccc7)c65)cc4c4ccc(-c5ccccc5)cc43)cc2)cc1. The predicted molar refractivity (Wildman–Crippen MR) is 270 cm³/mol. The molecule has 0 saturated heterocycles. The van der Waals surface area contributed by atoms with E-state index in [1.807, 2.05) is 0 Å². The minimum absolute atomic E-state index is 1.14. The summed E-state index contributed by atoms with van der Waals surface area (Å²) in [6, 6.07) is 94.3. The third kappa shape index (κ3) is 5.93. The summed E-state index contributed by atoms with van der Waals surface area (Å²) in [6.45, 7) is 0. The van der Waals surface area contributed by atoms with Gasteiger partial charge in [-0.3, -0.25) is 0 Å². The van der Waals surface area contributed by atoms with Crippen molar-refractivity contribution in [2.24, 2.45) is 0 Å². The topological polar surface area (TPSA) is 9.86 Å². The lowest BCUT2D eigenvalue weighted by molar-refractivity contribution is 1.17. The van der Waals surface area contributed by atoms with Gasteiger partial charge >= 0.3 is 0 Å². The van der Waals surface area contributed by atoms with Gasteiger partial charge in [0.1, 0.15) is 0 Å². The summed E-state index contributed by atoms with van der Waals surface area (Å²) >= 11 is 0. The first kappa shape index (κ1) is 36.8. The van der Waals surface area contributed by atoms with Crippen molar-refractivity contribution in [2.75, 3.05) is 0 Å². The molecule has 0 fully saturated rings. The van der Waals surface area contributed by atoms with Gasteiger partial charge in [0.25, 0.3) is 0 Å². The van der Waals surface area contributed by atoms with E-state index in [4.69, 9.17) is 0 Å². The van der Waals surface area contributed by atoms with Crippen LogP contribution in [0.15, 0.2) is 255 Å². The molecule has 2 heterocycles. The largest absolute Gasteiger partial charge is 0.309 e. The summed E-state index contributed by atoms with van der Waals surface area (Å²) in [5.74, 6) is 0. The molecule has 0 unspecified atom stereocenters. The minimum atomic E-state index is -2.92. The number of benzene rings is 10. The van der Waals surface area contributed by atoms with Crippen molar-refractivity contribution >= 4 is 72.4 Å². The van der Waals surface area contributed by atoms with Crippen LogP contribution >= 0.6 is 0 Å². The van der Waals surface area contributed by atoms with Crippen LogP contribution in [0.3, 0.4) is 0 Å². The van der Waals surface area contributed by atoms with E-state index in [0.717, 1.165) is 11.4 Å². The van der Waals surface area contributed by atoms with Gasteiger partial charge in [0, 0.05) is 32.9 Å². The Morgan fingerprint density at radius 1 is 0.254 bits per heavy atom. The van der Waals surface area contributed by atoms with Crippen molar-refractivity contribution in [1.82, 2.24) is 9.13 Å². The second-order valence-corrected chi connectivity index (χ2v) is 20.2. The maximum absolute atomic E-state index is 2.92. The average Bonchev–Trinajstić information content (AvgIpc) is 3.88. The van der Waals surface area contributed by atoms with Crippen LogP contribution in [-0.4, -0.2) is 17.2 Å². The quantitative estimate of drug-likeness (QED) is 0.107. The third-order valence-corrected chi connectivity index (χ3v) is 17.9. The van der Waals surface area contributed by atoms with E-state index in [2.05, 4.69) is 264 Å². The fourth-order valence-corrected chi connectivity index (χ4v) is 15.2. The van der Waals surface area contributed by atoms with E-state index in [1.165, 1.54) is 86.6 Å². The molecule has 2 nitrogen and oxygen atoms in total. The van der Waals surface area contributed by atoms with Crippen molar-refractivity contribution in [2.45, 2.75) is 0 Å². The summed E-state index contributed by atoms with van der Waals surface area (Å²) in [7, 11) is -2.92. The van der Waals surface area contributed by atoms with Gasteiger partial charge in [-0.15, -0.1) is 0 Å². The number of aromatic nitrogens is 2. The van der Waals surface area contributed by atoms with Crippen LogP contribution in [0.25, 0.3) is 77.2 Å². The second-order valence-electron chi connectivity index (χ2n) is 16.5. The third-order valence-electron chi connectivity index (χ3n) is 13.1. The van der Waals surface area contributed by atoms with Crippen LogP contribution in [0.1, 0.15) is 0 Å². The van der Waals surface area contributed by atoms with Crippen LogP contribution < -0.4 is 20.7 Å². The van der Waals surface area contributed by atoms with E-state index in [1.54, 1.807) is 0 Å². The Bertz CT molecular complexity index is 3480. The van der Waals surface area contributed by atoms with Crippen molar-refractivity contribution < 1.29 is 0 Å². The summed E-state index contributed by atoms with van der Waals surface area (Å²) < 4.78 is 5.01. The van der Waals surface area contributed by atoms with Crippen LogP contribution in [-0.2, 0) is 0 Å². The number of rotatable bonds is 8. The molecule has 296 valence electrons. The molecule has 2 aromatic heterocycles. The Hall–Kier alpha value is -7.98. The van der Waals surface area contributed by atoms with Gasteiger partial charge in [0.05, 0.1) is 22.1 Å².